The Morgan fingerprint density at radius 3 is 2.83 bits per heavy atom. The Balaban J connectivity index is 2.15. The smallest absolute Gasteiger partial charge is 0.0897 e. The lowest BCUT2D eigenvalue weighted by Crippen LogP contribution is -2.06. The zero-order chi connectivity index (χ0) is 13.0. The van der Waals surface area contributed by atoms with Crippen molar-refractivity contribution in [2.45, 2.75) is 26.1 Å². The van der Waals surface area contributed by atoms with Gasteiger partial charge in [-0.05, 0) is 18.1 Å². The van der Waals surface area contributed by atoms with E-state index in [1.165, 1.54) is 0 Å². The third kappa shape index (κ3) is 3.16. The van der Waals surface area contributed by atoms with E-state index in [1.54, 1.807) is 18.4 Å². The number of thiazole rings is 1. The lowest BCUT2D eigenvalue weighted by Gasteiger charge is -2.14. The number of nitrogens with zero attached hydrogens (tertiary/aromatic N) is 1. The number of aliphatic hydroxyl groups excluding tert-OH is 1. The number of aliphatic hydroxyl groups is 1. The van der Waals surface area contributed by atoms with Crippen molar-refractivity contribution < 1.29 is 9.84 Å². The van der Waals surface area contributed by atoms with Crippen LogP contribution in [0.5, 0.6) is 0 Å². The van der Waals surface area contributed by atoms with E-state index in [9.17, 15) is 5.11 Å². The van der Waals surface area contributed by atoms with Crippen molar-refractivity contribution in [1.29, 1.82) is 0 Å². The number of aryl methyl sites for hydroxylation is 1. The summed E-state index contributed by atoms with van der Waals surface area (Å²) in [6, 6.07) is 7.81. The van der Waals surface area contributed by atoms with Crippen molar-refractivity contribution in [1.82, 2.24) is 4.98 Å². The van der Waals surface area contributed by atoms with Crippen LogP contribution in [0.2, 0.25) is 0 Å². The molecule has 3 nitrogen and oxygen atoms in total. The molecule has 0 radical (unpaired) electrons. The van der Waals surface area contributed by atoms with E-state index in [2.05, 4.69) is 4.98 Å². The van der Waals surface area contributed by atoms with Crippen LogP contribution in [0.3, 0.4) is 0 Å². The first-order chi connectivity index (χ1) is 8.70. The highest BCUT2D eigenvalue weighted by molar-refractivity contribution is 7.09. The third-order valence-electron chi connectivity index (χ3n) is 2.78. The molecule has 0 aliphatic rings. The SMILES string of the molecule is COCc1ccccc1C(O)Cc1csc(C)n1. The Kier molecular flexibility index (Phi) is 4.47. The molecule has 4 heteroatoms. The van der Waals surface area contributed by atoms with Crippen molar-refractivity contribution in [2.75, 3.05) is 7.11 Å². The molecule has 0 saturated carbocycles. The molecule has 0 amide bonds. The molecule has 0 spiro atoms. The molecule has 1 aromatic heterocycles. The summed E-state index contributed by atoms with van der Waals surface area (Å²) in [5.74, 6) is 0. The Labute approximate surface area is 111 Å². The van der Waals surface area contributed by atoms with Gasteiger partial charge in [0.15, 0.2) is 0 Å². The van der Waals surface area contributed by atoms with Crippen LogP contribution in [-0.4, -0.2) is 17.2 Å². The summed E-state index contributed by atoms with van der Waals surface area (Å²) in [6.07, 6.45) is 0.0169. The monoisotopic (exact) mass is 263 g/mol. The average molecular weight is 263 g/mol. The molecule has 0 aliphatic carbocycles. The normalized spacial score (nSPS) is 12.6. The van der Waals surface area contributed by atoms with Crippen LogP contribution in [0.25, 0.3) is 0 Å². The van der Waals surface area contributed by atoms with Gasteiger partial charge in [-0.15, -0.1) is 11.3 Å². The first kappa shape index (κ1) is 13.2. The van der Waals surface area contributed by atoms with E-state index in [-0.39, 0.29) is 0 Å². The van der Waals surface area contributed by atoms with Gasteiger partial charge in [-0.25, -0.2) is 4.98 Å². The maximum absolute atomic E-state index is 10.3. The van der Waals surface area contributed by atoms with Gasteiger partial charge in [0.2, 0.25) is 0 Å². The molecule has 18 heavy (non-hydrogen) atoms. The molecule has 96 valence electrons. The number of aromatic nitrogens is 1. The fourth-order valence-corrected chi connectivity index (χ4v) is 2.58. The molecule has 2 aromatic rings. The van der Waals surface area contributed by atoms with Crippen molar-refractivity contribution in [3.05, 3.63) is 51.5 Å². The van der Waals surface area contributed by atoms with E-state index in [0.717, 1.165) is 21.8 Å². The summed E-state index contributed by atoms with van der Waals surface area (Å²) >= 11 is 1.61. The Morgan fingerprint density at radius 2 is 2.17 bits per heavy atom. The zero-order valence-corrected chi connectivity index (χ0v) is 11.4. The van der Waals surface area contributed by atoms with Crippen molar-refractivity contribution in [3.8, 4) is 0 Å². The van der Waals surface area contributed by atoms with E-state index in [0.29, 0.717) is 13.0 Å². The molecule has 1 atom stereocenters. The van der Waals surface area contributed by atoms with Crippen LogP contribution in [0, 0.1) is 6.92 Å². The minimum atomic E-state index is -0.530. The van der Waals surface area contributed by atoms with Gasteiger partial charge in [0.05, 0.1) is 23.4 Å². The zero-order valence-electron chi connectivity index (χ0n) is 10.6. The molecule has 0 saturated heterocycles. The molecule has 1 heterocycles. The highest BCUT2D eigenvalue weighted by Crippen LogP contribution is 2.23. The fourth-order valence-electron chi connectivity index (χ4n) is 1.96. The summed E-state index contributed by atoms with van der Waals surface area (Å²) in [5, 5.41) is 13.3. The standard InChI is InChI=1S/C14H17NO2S/c1-10-15-12(9-18-10)7-14(16)13-6-4-3-5-11(13)8-17-2/h3-6,9,14,16H,7-8H2,1-2H3. The number of ether oxygens (including phenoxy) is 1. The maximum atomic E-state index is 10.3. The largest absolute Gasteiger partial charge is 0.388 e. The highest BCUT2D eigenvalue weighted by Gasteiger charge is 2.14. The average Bonchev–Trinajstić information content (AvgIpc) is 2.76. The molecule has 0 bridgehead atoms. The minimum Gasteiger partial charge on any atom is -0.388 e. The summed E-state index contributed by atoms with van der Waals surface area (Å²) in [7, 11) is 1.66. The van der Waals surface area contributed by atoms with E-state index in [4.69, 9.17) is 4.74 Å². The Morgan fingerprint density at radius 1 is 1.39 bits per heavy atom. The quantitative estimate of drug-likeness (QED) is 0.902. The van der Waals surface area contributed by atoms with Gasteiger partial charge in [-0.3, -0.25) is 0 Å². The fraction of sp³-hybridized carbons (Fsp3) is 0.357. The van der Waals surface area contributed by atoms with Gasteiger partial charge < -0.3 is 9.84 Å². The third-order valence-corrected chi connectivity index (χ3v) is 3.61. The number of methoxy groups -OCH3 is 1. The lowest BCUT2D eigenvalue weighted by molar-refractivity contribution is 0.161. The topological polar surface area (TPSA) is 42.4 Å². The predicted molar refractivity (Wildman–Crippen MR) is 72.7 cm³/mol. The van der Waals surface area contributed by atoms with Crippen LogP contribution < -0.4 is 0 Å². The lowest BCUT2D eigenvalue weighted by atomic mass is 10.00. The van der Waals surface area contributed by atoms with Gasteiger partial charge in [0.1, 0.15) is 0 Å². The van der Waals surface area contributed by atoms with Crippen LogP contribution in [0.15, 0.2) is 29.6 Å². The number of hydrogen-bond acceptors (Lipinski definition) is 4. The molecule has 0 aliphatic heterocycles. The number of hydrogen-bond donors (Lipinski definition) is 1. The molecule has 0 fully saturated rings. The second-order valence-corrected chi connectivity index (χ2v) is 5.27. The second kappa shape index (κ2) is 6.09. The van der Waals surface area contributed by atoms with Gasteiger partial charge >= 0.3 is 0 Å². The van der Waals surface area contributed by atoms with Crippen molar-refractivity contribution >= 4 is 11.3 Å². The molecular weight excluding hydrogens is 246 g/mol. The first-order valence-corrected chi connectivity index (χ1v) is 6.74. The predicted octanol–water partition coefficient (Wildman–Crippen LogP) is 2.87. The van der Waals surface area contributed by atoms with Crippen LogP contribution in [-0.2, 0) is 17.8 Å². The van der Waals surface area contributed by atoms with Gasteiger partial charge in [0.25, 0.3) is 0 Å². The number of benzene rings is 1. The summed E-state index contributed by atoms with van der Waals surface area (Å²) in [6.45, 7) is 2.49. The van der Waals surface area contributed by atoms with Gasteiger partial charge in [-0.1, -0.05) is 24.3 Å². The van der Waals surface area contributed by atoms with Gasteiger partial charge in [0, 0.05) is 18.9 Å². The van der Waals surface area contributed by atoms with Crippen LogP contribution in [0.1, 0.15) is 27.9 Å². The molecule has 1 unspecified atom stereocenters. The Bertz CT molecular complexity index is 510. The van der Waals surface area contributed by atoms with Crippen molar-refractivity contribution in [2.24, 2.45) is 0 Å². The first-order valence-electron chi connectivity index (χ1n) is 5.86. The number of rotatable bonds is 5. The molecule has 1 aromatic carbocycles. The minimum absolute atomic E-state index is 0.517. The summed E-state index contributed by atoms with van der Waals surface area (Å²) in [4.78, 5) is 4.38. The molecule has 1 N–H and O–H groups in total. The second-order valence-electron chi connectivity index (χ2n) is 4.21. The Hall–Kier alpha value is -1.23. The van der Waals surface area contributed by atoms with Crippen LogP contribution in [0.4, 0.5) is 0 Å². The maximum Gasteiger partial charge on any atom is 0.0897 e. The molecular formula is C14H17NO2S. The summed E-state index contributed by atoms with van der Waals surface area (Å²) < 4.78 is 5.15. The highest BCUT2D eigenvalue weighted by atomic mass is 32.1. The van der Waals surface area contributed by atoms with Crippen molar-refractivity contribution in [3.63, 3.8) is 0 Å². The van der Waals surface area contributed by atoms with E-state index < -0.39 is 6.10 Å². The van der Waals surface area contributed by atoms with E-state index >= 15 is 0 Å². The summed E-state index contributed by atoms with van der Waals surface area (Å²) in [5.41, 5.74) is 2.89. The van der Waals surface area contributed by atoms with E-state index in [1.807, 2.05) is 36.6 Å². The van der Waals surface area contributed by atoms with Crippen LogP contribution >= 0.6 is 11.3 Å². The van der Waals surface area contributed by atoms with Gasteiger partial charge in [-0.2, -0.15) is 0 Å². The molecule has 2 rings (SSSR count).